The van der Waals surface area contributed by atoms with Crippen molar-refractivity contribution in [2.45, 2.75) is 98.0 Å². The maximum Gasteiger partial charge on any atom is 0.297 e. The average molecular weight is 987 g/mol. The summed E-state index contributed by atoms with van der Waals surface area (Å²) in [6, 6.07) is 17.8. The molecule has 372 valence electrons. The number of rotatable bonds is 10. The highest BCUT2D eigenvalue weighted by Crippen LogP contribution is 2.56. The molecule has 5 fully saturated rings. The molecule has 0 unspecified atom stereocenters. The number of amides is 1. The Kier molecular flexibility index (Phi) is 11.5. The summed E-state index contributed by atoms with van der Waals surface area (Å²) in [4.78, 5) is 40.3. The molecule has 71 heavy (non-hydrogen) atoms. The largest absolute Gasteiger partial charge is 0.489 e. The van der Waals surface area contributed by atoms with E-state index in [2.05, 4.69) is 57.9 Å². The maximum absolute atomic E-state index is 16.1. The van der Waals surface area contributed by atoms with Crippen molar-refractivity contribution in [3.8, 4) is 11.6 Å². The van der Waals surface area contributed by atoms with Gasteiger partial charge in [-0.25, -0.2) is 8.42 Å². The summed E-state index contributed by atoms with van der Waals surface area (Å²) in [7, 11) is -4.79. The number of sulfone groups is 1. The minimum Gasteiger partial charge on any atom is -0.489 e. The van der Waals surface area contributed by atoms with Gasteiger partial charge in [0.15, 0.2) is 11.4 Å². The molecular weight excluding hydrogens is 929 g/mol. The molecule has 3 aromatic carbocycles. The van der Waals surface area contributed by atoms with E-state index in [9.17, 15) is 14.9 Å². The number of pyridine rings is 1. The standard InChI is InChI=1S/C52H58N8O10S/c1-30(2)34-6-3-4-7-35(34)38-8-5-16-58(38)32-25-52(26-32)13-17-57(18-14-52)40-10-9-36(49(53)61)47(59-39-12-19-66-29-45(39)70-51-42(59)22-31-11-15-54-50(31)56-51)48(40)71(64,65)33-23-41(60(62)63)46-43(24-33)69-27-37(55-46)44-28-67-20-21-68-44/h3-4,6-7,9-11,15,22-24,32,37-39,44-45,55H,1,5,8,12-14,16-21,25-29H2,2H3,(H2,53,61)(H,54,56)/t37-,38+,39-,44-,45-/m1/s1. The molecule has 1 amide bonds. The zero-order chi connectivity index (χ0) is 48.8. The second kappa shape index (κ2) is 17.8. The molecule has 19 heteroatoms. The summed E-state index contributed by atoms with van der Waals surface area (Å²) in [5.41, 5.74) is 11.0. The van der Waals surface area contributed by atoms with Crippen LogP contribution in [0.2, 0.25) is 0 Å². The van der Waals surface area contributed by atoms with E-state index in [0.29, 0.717) is 68.4 Å². The number of hydrogen-bond donors (Lipinski definition) is 3. The molecule has 1 saturated carbocycles. The predicted octanol–water partition coefficient (Wildman–Crippen LogP) is 7.30. The molecule has 1 spiro atoms. The van der Waals surface area contributed by atoms with Crippen molar-refractivity contribution in [1.29, 1.82) is 0 Å². The molecular formula is C52H58N8O10S. The second-order valence-electron chi connectivity index (χ2n) is 20.3. The van der Waals surface area contributed by atoms with E-state index in [1.807, 2.05) is 17.0 Å². The lowest BCUT2D eigenvalue weighted by molar-refractivity contribution is -0.384. The fraction of sp³-hybridized carbons (Fsp3) is 0.462. The van der Waals surface area contributed by atoms with E-state index in [4.69, 9.17) is 34.4 Å². The number of nitrogens with zero attached hydrogens (tertiary/aromatic N) is 5. The lowest BCUT2D eigenvalue weighted by Crippen LogP contribution is -2.55. The Bertz CT molecular complexity index is 3070. The Hall–Kier alpha value is -6.25. The number of benzene rings is 3. The van der Waals surface area contributed by atoms with Gasteiger partial charge in [-0.1, -0.05) is 36.4 Å². The van der Waals surface area contributed by atoms with Gasteiger partial charge in [0.25, 0.3) is 11.6 Å². The molecule has 1 aliphatic carbocycles. The van der Waals surface area contributed by atoms with Gasteiger partial charge in [-0.15, -0.1) is 0 Å². The third kappa shape index (κ3) is 7.87. The molecule has 8 heterocycles. The molecule has 5 aromatic rings. The molecule has 2 aromatic heterocycles. The number of hydrogen-bond acceptors (Lipinski definition) is 15. The van der Waals surface area contributed by atoms with Crippen LogP contribution in [-0.4, -0.2) is 124 Å². The van der Waals surface area contributed by atoms with E-state index >= 15 is 8.42 Å². The molecule has 12 rings (SSSR count). The van der Waals surface area contributed by atoms with Crippen LogP contribution in [0.1, 0.15) is 79.4 Å². The number of likely N-dealkylation sites (tertiary alicyclic amines) is 1. The Morgan fingerprint density at radius 2 is 1.75 bits per heavy atom. The summed E-state index contributed by atoms with van der Waals surface area (Å²) >= 11 is 0. The van der Waals surface area contributed by atoms with Gasteiger partial charge in [0.2, 0.25) is 15.7 Å². The topological polar surface area (TPSA) is 217 Å². The van der Waals surface area contributed by atoms with Gasteiger partial charge in [0.1, 0.15) is 35.0 Å². The molecule has 4 saturated heterocycles. The smallest absolute Gasteiger partial charge is 0.297 e. The number of carbonyl (C=O) groups excluding carboxylic acids is 1. The number of H-pyrrole nitrogens is 1. The van der Waals surface area contributed by atoms with Crippen molar-refractivity contribution in [3.63, 3.8) is 0 Å². The summed E-state index contributed by atoms with van der Waals surface area (Å²) < 4.78 is 62.4. The third-order valence-corrected chi connectivity index (χ3v) is 17.9. The van der Waals surface area contributed by atoms with Crippen LogP contribution in [0.25, 0.3) is 16.6 Å². The number of allylic oxidation sites excluding steroid dienone is 1. The monoisotopic (exact) mass is 986 g/mol. The third-order valence-electron chi connectivity index (χ3n) is 16.1. The number of ether oxygens (including phenoxy) is 5. The SMILES string of the molecule is C=C(C)c1ccccc1[C@@H]1CCCN1C1CC2(CCN(c3ccc(C(N)=O)c(N4c5cc6cc[nH]c6nc5O[C@@H]5COCC[C@H]54)c3S(=O)(=O)c3cc4c(c([N+](=O)[O-])c3)N[C@@H]([C@H]3COCCO3)CO4)CC2)C1. The number of aromatic amines is 1. The van der Waals surface area contributed by atoms with Gasteiger partial charge in [-0.05, 0) is 99.2 Å². The Labute approximate surface area is 411 Å². The first-order chi connectivity index (χ1) is 34.4. The normalized spacial score (nSPS) is 25.3. The average Bonchev–Trinajstić information content (AvgIpc) is 4.06. The van der Waals surface area contributed by atoms with Crippen molar-refractivity contribution < 1.29 is 41.8 Å². The number of fused-ring (bicyclic) bond motifs is 4. The lowest BCUT2D eigenvalue weighted by Gasteiger charge is -2.56. The number of nitro benzene ring substituents is 1. The summed E-state index contributed by atoms with van der Waals surface area (Å²) in [5.74, 6) is -0.615. The number of nitrogens with two attached hydrogens (primary N) is 1. The van der Waals surface area contributed by atoms with Crippen molar-refractivity contribution >= 4 is 60.8 Å². The maximum atomic E-state index is 16.1. The van der Waals surface area contributed by atoms with E-state index in [1.165, 1.54) is 17.2 Å². The molecule has 18 nitrogen and oxygen atoms in total. The highest BCUT2D eigenvalue weighted by atomic mass is 32.2. The Balaban J connectivity index is 0.950. The fourth-order valence-corrected chi connectivity index (χ4v) is 14.3. The van der Waals surface area contributed by atoms with Crippen LogP contribution >= 0.6 is 0 Å². The second-order valence-corrected chi connectivity index (χ2v) is 22.2. The molecule has 0 radical (unpaired) electrons. The van der Waals surface area contributed by atoms with Crippen LogP contribution < -0.4 is 30.3 Å². The number of carbonyl (C=O) groups is 1. The first-order valence-corrected chi connectivity index (χ1v) is 26.3. The fourth-order valence-electron chi connectivity index (χ4n) is 12.6. The number of nitro groups is 1. The molecule has 4 N–H and O–H groups in total. The zero-order valence-corrected chi connectivity index (χ0v) is 40.5. The van der Waals surface area contributed by atoms with Crippen molar-refractivity contribution in [1.82, 2.24) is 14.9 Å². The Morgan fingerprint density at radius 1 is 0.944 bits per heavy atom. The van der Waals surface area contributed by atoms with Gasteiger partial charge in [0, 0.05) is 55.5 Å². The Morgan fingerprint density at radius 3 is 2.52 bits per heavy atom. The zero-order valence-electron chi connectivity index (χ0n) is 39.6. The summed E-state index contributed by atoms with van der Waals surface area (Å²) in [5, 5.41) is 16.9. The van der Waals surface area contributed by atoms with Crippen LogP contribution in [0, 0.1) is 15.5 Å². The molecule has 6 aliphatic heterocycles. The first-order valence-electron chi connectivity index (χ1n) is 24.8. The number of piperidine rings is 1. The highest BCUT2D eigenvalue weighted by Gasteiger charge is 2.51. The van der Waals surface area contributed by atoms with E-state index in [0.717, 1.165) is 62.1 Å². The number of anilines is 4. The lowest BCUT2D eigenvalue weighted by atomic mass is 9.59. The molecule has 0 bridgehead atoms. The van der Waals surface area contributed by atoms with Crippen LogP contribution in [0.15, 0.2) is 83.2 Å². The van der Waals surface area contributed by atoms with Gasteiger partial charge in [-0.3, -0.25) is 19.8 Å². The highest BCUT2D eigenvalue weighted by molar-refractivity contribution is 7.91. The number of aromatic nitrogens is 2. The van der Waals surface area contributed by atoms with Crippen molar-refractivity contribution in [2.75, 3.05) is 74.4 Å². The van der Waals surface area contributed by atoms with Gasteiger partial charge >= 0.3 is 0 Å². The first kappa shape index (κ1) is 45.9. The molecule has 5 atom stereocenters. The van der Waals surface area contributed by atoms with Gasteiger partial charge in [-0.2, -0.15) is 4.98 Å². The van der Waals surface area contributed by atoms with Crippen LogP contribution in [0.5, 0.6) is 11.6 Å². The van der Waals surface area contributed by atoms with Crippen LogP contribution in [-0.2, 0) is 24.0 Å². The van der Waals surface area contributed by atoms with Crippen molar-refractivity contribution in [3.05, 3.63) is 100 Å². The number of nitrogens with one attached hydrogen (secondary N) is 2. The summed E-state index contributed by atoms with van der Waals surface area (Å²) in [6.07, 6.45) is 7.14. The van der Waals surface area contributed by atoms with Crippen molar-refractivity contribution in [2.24, 2.45) is 11.1 Å². The quantitative estimate of drug-likeness (QED) is 0.0924. The van der Waals surface area contributed by atoms with E-state index in [-0.39, 0.29) is 63.6 Å². The summed E-state index contributed by atoms with van der Waals surface area (Å²) in [6.45, 7) is 10.1. The van der Waals surface area contributed by atoms with E-state index in [1.54, 1.807) is 18.3 Å². The number of primary amides is 1. The van der Waals surface area contributed by atoms with Gasteiger partial charge < -0.3 is 49.5 Å². The van der Waals surface area contributed by atoms with Gasteiger partial charge in [0.05, 0.1) is 65.3 Å². The van der Waals surface area contributed by atoms with Crippen LogP contribution in [0.4, 0.5) is 28.4 Å². The predicted molar refractivity (Wildman–Crippen MR) is 266 cm³/mol. The minimum atomic E-state index is -4.79. The van der Waals surface area contributed by atoms with Crippen LogP contribution in [0.3, 0.4) is 0 Å². The van der Waals surface area contributed by atoms with E-state index < -0.39 is 50.6 Å². The molecule has 7 aliphatic rings. The minimum absolute atomic E-state index is 0.00276.